The van der Waals surface area contributed by atoms with E-state index in [-0.39, 0.29) is 11.9 Å². The first-order valence-corrected chi connectivity index (χ1v) is 6.99. The van der Waals surface area contributed by atoms with Crippen molar-refractivity contribution in [3.63, 3.8) is 0 Å². The lowest BCUT2D eigenvalue weighted by Crippen LogP contribution is -2.17. The van der Waals surface area contributed by atoms with Crippen molar-refractivity contribution in [2.24, 2.45) is 0 Å². The summed E-state index contributed by atoms with van der Waals surface area (Å²) >= 11 is 5.14. The zero-order chi connectivity index (χ0) is 12.3. The van der Waals surface area contributed by atoms with Crippen LogP contribution in [0.2, 0.25) is 0 Å². The van der Waals surface area contributed by atoms with E-state index >= 15 is 0 Å². The minimum atomic E-state index is -0.185. The molecule has 1 atom stereocenters. The molecule has 0 spiro atoms. The highest BCUT2D eigenvalue weighted by molar-refractivity contribution is 9.11. The van der Waals surface area contributed by atoms with E-state index < -0.39 is 0 Å². The molecular formula is C13H13BrFNS. The Morgan fingerprint density at radius 2 is 2.18 bits per heavy atom. The summed E-state index contributed by atoms with van der Waals surface area (Å²) in [5, 5.41) is 3.38. The number of halogens is 2. The zero-order valence-corrected chi connectivity index (χ0v) is 11.8. The Morgan fingerprint density at radius 1 is 1.35 bits per heavy atom. The minimum Gasteiger partial charge on any atom is -0.305 e. The van der Waals surface area contributed by atoms with E-state index in [9.17, 15) is 4.39 Å². The van der Waals surface area contributed by atoms with E-state index in [2.05, 4.69) is 27.3 Å². The van der Waals surface area contributed by atoms with Gasteiger partial charge in [-0.3, -0.25) is 0 Å². The highest BCUT2D eigenvalue weighted by atomic mass is 79.9. The first-order chi connectivity index (χ1) is 8.15. The molecule has 1 aromatic carbocycles. The molecule has 1 N–H and O–H groups in total. The van der Waals surface area contributed by atoms with Crippen molar-refractivity contribution in [2.45, 2.75) is 19.5 Å². The average Bonchev–Trinajstić information content (AvgIpc) is 2.72. The van der Waals surface area contributed by atoms with E-state index in [0.717, 1.165) is 15.9 Å². The molecule has 90 valence electrons. The Balaban J connectivity index is 1.95. The summed E-state index contributed by atoms with van der Waals surface area (Å²) in [7, 11) is 0. The molecule has 2 aromatic rings. The number of nitrogens with one attached hydrogen (secondary N) is 1. The molecule has 2 rings (SSSR count). The molecule has 1 heterocycles. The fourth-order valence-electron chi connectivity index (χ4n) is 1.59. The van der Waals surface area contributed by atoms with Gasteiger partial charge in [-0.05, 0) is 52.7 Å². The Labute approximate surface area is 113 Å². The van der Waals surface area contributed by atoms with Gasteiger partial charge in [0.25, 0.3) is 0 Å². The zero-order valence-electron chi connectivity index (χ0n) is 9.41. The Bertz CT molecular complexity index is 498. The van der Waals surface area contributed by atoms with Gasteiger partial charge in [0.2, 0.25) is 0 Å². The van der Waals surface area contributed by atoms with Crippen LogP contribution in [0.25, 0.3) is 0 Å². The summed E-state index contributed by atoms with van der Waals surface area (Å²) in [6.45, 7) is 2.84. The van der Waals surface area contributed by atoms with E-state index in [4.69, 9.17) is 0 Å². The van der Waals surface area contributed by atoms with E-state index in [0.29, 0.717) is 0 Å². The van der Waals surface area contributed by atoms with Crippen molar-refractivity contribution >= 4 is 27.3 Å². The van der Waals surface area contributed by atoms with Crippen LogP contribution in [0.4, 0.5) is 4.39 Å². The molecule has 1 aromatic heterocycles. The van der Waals surface area contributed by atoms with Crippen LogP contribution in [0.1, 0.15) is 23.4 Å². The van der Waals surface area contributed by atoms with E-state index in [1.54, 1.807) is 23.5 Å². The summed E-state index contributed by atoms with van der Waals surface area (Å²) in [5.41, 5.74) is 0.973. The van der Waals surface area contributed by atoms with Gasteiger partial charge in [-0.2, -0.15) is 0 Å². The largest absolute Gasteiger partial charge is 0.305 e. The van der Waals surface area contributed by atoms with Crippen molar-refractivity contribution in [3.05, 3.63) is 56.4 Å². The van der Waals surface area contributed by atoms with Crippen molar-refractivity contribution in [1.29, 1.82) is 0 Å². The van der Waals surface area contributed by atoms with Crippen LogP contribution in [-0.2, 0) is 6.54 Å². The van der Waals surface area contributed by atoms with Crippen molar-refractivity contribution in [2.75, 3.05) is 0 Å². The lowest BCUT2D eigenvalue weighted by Gasteiger charge is -2.13. The van der Waals surface area contributed by atoms with Crippen LogP contribution in [0.15, 0.2) is 40.2 Å². The molecule has 0 radical (unpaired) electrons. The molecule has 4 heteroatoms. The van der Waals surface area contributed by atoms with Crippen molar-refractivity contribution < 1.29 is 4.39 Å². The molecule has 17 heavy (non-hydrogen) atoms. The third kappa shape index (κ3) is 3.63. The highest BCUT2D eigenvalue weighted by Crippen LogP contribution is 2.22. The maximum atomic E-state index is 13.1. The summed E-state index contributed by atoms with van der Waals surface area (Å²) in [4.78, 5) is 1.26. The van der Waals surface area contributed by atoms with Crippen molar-refractivity contribution in [1.82, 2.24) is 5.32 Å². The number of thiophene rings is 1. The molecule has 0 bridgehead atoms. The molecule has 0 aliphatic heterocycles. The van der Waals surface area contributed by atoms with Crippen LogP contribution in [0.3, 0.4) is 0 Å². The smallest absolute Gasteiger partial charge is 0.123 e. The third-order valence-corrected chi connectivity index (χ3v) is 4.18. The predicted octanol–water partition coefficient (Wildman–Crippen LogP) is 4.50. The minimum absolute atomic E-state index is 0.145. The molecule has 0 aliphatic carbocycles. The third-order valence-electron chi connectivity index (χ3n) is 2.56. The summed E-state index contributed by atoms with van der Waals surface area (Å²) in [6, 6.07) is 11.0. The Kier molecular flexibility index (Phi) is 4.31. The first kappa shape index (κ1) is 12.7. The van der Waals surface area contributed by atoms with Crippen LogP contribution < -0.4 is 5.32 Å². The van der Waals surface area contributed by atoms with Gasteiger partial charge in [0, 0.05) is 17.5 Å². The SMILES string of the molecule is CC(NCc1ccc(Br)s1)c1cccc(F)c1. The second-order valence-corrected chi connectivity index (χ2v) is 6.41. The van der Waals surface area contributed by atoms with Gasteiger partial charge in [-0.1, -0.05) is 12.1 Å². The number of benzene rings is 1. The standard InChI is InChI=1S/C13H13BrFNS/c1-9(10-3-2-4-11(15)7-10)16-8-12-5-6-13(14)17-12/h2-7,9,16H,8H2,1H3. The predicted molar refractivity (Wildman–Crippen MR) is 73.7 cm³/mol. The molecular weight excluding hydrogens is 301 g/mol. The second-order valence-electron chi connectivity index (χ2n) is 3.86. The van der Waals surface area contributed by atoms with Gasteiger partial charge in [0.05, 0.1) is 3.79 Å². The van der Waals surface area contributed by atoms with Gasteiger partial charge in [-0.25, -0.2) is 4.39 Å². The summed E-state index contributed by atoms with van der Waals surface area (Å²) < 4.78 is 14.2. The number of hydrogen-bond acceptors (Lipinski definition) is 2. The van der Waals surface area contributed by atoms with E-state index in [1.807, 2.05) is 19.1 Å². The molecule has 0 amide bonds. The quantitative estimate of drug-likeness (QED) is 0.876. The number of hydrogen-bond donors (Lipinski definition) is 1. The number of rotatable bonds is 4. The highest BCUT2D eigenvalue weighted by Gasteiger charge is 2.06. The maximum Gasteiger partial charge on any atom is 0.123 e. The second kappa shape index (κ2) is 5.76. The molecule has 0 fully saturated rings. The first-order valence-electron chi connectivity index (χ1n) is 5.38. The van der Waals surface area contributed by atoms with Crippen LogP contribution in [0.5, 0.6) is 0 Å². The van der Waals surface area contributed by atoms with Gasteiger partial charge in [-0.15, -0.1) is 11.3 Å². The van der Waals surface area contributed by atoms with Crippen LogP contribution in [0, 0.1) is 5.82 Å². The normalized spacial score (nSPS) is 12.6. The molecule has 0 saturated heterocycles. The molecule has 1 nitrogen and oxygen atoms in total. The molecule has 0 aliphatic rings. The van der Waals surface area contributed by atoms with E-state index in [1.165, 1.54) is 10.9 Å². The Morgan fingerprint density at radius 3 is 2.82 bits per heavy atom. The fourth-order valence-corrected chi connectivity index (χ4v) is 3.03. The van der Waals surface area contributed by atoms with Gasteiger partial charge in [0.15, 0.2) is 0 Å². The fraction of sp³-hybridized carbons (Fsp3) is 0.231. The lowest BCUT2D eigenvalue weighted by atomic mass is 10.1. The van der Waals surface area contributed by atoms with Gasteiger partial charge < -0.3 is 5.32 Å². The average molecular weight is 314 g/mol. The van der Waals surface area contributed by atoms with Crippen LogP contribution in [-0.4, -0.2) is 0 Å². The topological polar surface area (TPSA) is 12.0 Å². The summed E-state index contributed by atoms with van der Waals surface area (Å²) in [5.74, 6) is -0.185. The van der Waals surface area contributed by atoms with Crippen LogP contribution >= 0.6 is 27.3 Å². The Hall–Kier alpha value is -0.710. The van der Waals surface area contributed by atoms with Gasteiger partial charge >= 0.3 is 0 Å². The molecule has 1 unspecified atom stereocenters. The lowest BCUT2D eigenvalue weighted by molar-refractivity contribution is 0.568. The van der Waals surface area contributed by atoms with Crippen molar-refractivity contribution in [3.8, 4) is 0 Å². The summed E-state index contributed by atoms with van der Waals surface area (Å²) in [6.07, 6.45) is 0. The molecule has 0 saturated carbocycles. The monoisotopic (exact) mass is 313 g/mol. The van der Waals surface area contributed by atoms with Gasteiger partial charge in [0.1, 0.15) is 5.82 Å². The maximum absolute atomic E-state index is 13.1.